The fourth-order valence-electron chi connectivity index (χ4n) is 2.34. The van der Waals surface area contributed by atoms with Gasteiger partial charge in [0.1, 0.15) is 0 Å². The van der Waals surface area contributed by atoms with E-state index in [1.807, 2.05) is 18.5 Å². The first-order chi connectivity index (χ1) is 7.42. The summed E-state index contributed by atoms with van der Waals surface area (Å²) in [7, 11) is 0. The van der Waals surface area contributed by atoms with Crippen LogP contribution in [0.4, 0.5) is 0 Å². The molecule has 0 bridgehead atoms. The maximum atomic E-state index is 5.55. The van der Waals surface area contributed by atoms with Gasteiger partial charge in [0.05, 0.1) is 0 Å². The average Bonchev–Trinajstić information content (AvgIpc) is 2.75. The smallest absolute Gasteiger partial charge is 0.0363 e. The Hall–Kier alpha value is -0.930. The zero-order valence-corrected chi connectivity index (χ0v) is 9.10. The number of likely N-dealkylation sites (tertiary alicyclic amines) is 1. The lowest BCUT2D eigenvalue weighted by molar-refractivity contribution is 0.255. The number of pyridine rings is 1. The standard InChI is InChI=1S/C12H19N3/c13-6-3-9-15-8-2-5-12(15)11-4-1-7-14-10-11/h1,4,7,10,12H,2-3,5-6,8-9,13H2. The highest BCUT2D eigenvalue weighted by molar-refractivity contribution is 5.15. The quantitative estimate of drug-likeness (QED) is 0.811. The first-order valence-corrected chi connectivity index (χ1v) is 5.76. The predicted molar refractivity (Wildman–Crippen MR) is 61.5 cm³/mol. The van der Waals surface area contributed by atoms with Crippen molar-refractivity contribution in [3.63, 3.8) is 0 Å². The van der Waals surface area contributed by atoms with E-state index in [1.165, 1.54) is 24.9 Å². The molecule has 0 spiro atoms. The van der Waals surface area contributed by atoms with E-state index in [0.717, 1.165) is 19.5 Å². The molecule has 2 rings (SSSR count). The van der Waals surface area contributed by atoms with Crippen molar-refractivity contribution in [3.8, 4) is 0 Å². The van der Waals surface area contributed by atoms with E-state index in [9.17, 15) is 0 Å². The van der Waals surface area contributed by atoms with Gasteiger partial charge in [0.2, 0.25) is 0 Å². The van der Waals surface area contributed by atoms with Crippen LogP contribution in [0.3, 0.4) is 0 Å². The largest absolute Gasteiger partial charge is 0.330 e. The fourth-order valence-corrected chi connectivity index (χ4v) is 2.34. The Kier molecular flexibility index (Phi) is 3.69. The predicted octanol–water partition coefficient (Wildman–Crippen LogP) is 1.57. The molecule has 82 valence electrons. The van der Waals surface area contributed by atoms with Gasteiger partial charge in [-0.2, -0.15) is 0 Å². The summed E-state index contributed by atoms with van der Waals surface area (Å²) in [5.41, 5.74) is 6.91. The Morgan fingerprint density at radius 3 is 3.20 bits per heavy atom. The normalized spacial score (nSPS) is 22.1. The molecular weight excluding hydrogens is 186 g/mol. The molecular formula is C12H19N3. The van der Waals surface area contributed by atoms with Gasteiger partial charge in [0, 0.05) is 18.4 Å². The van der Waals surface area contributed by atoms with Crippen molar-refractivity contribution in [2.75, 3.05) is 19.6 Å². The molecule has 1 unspecified atom stereocenters. The number of nitrogens with zero attached hydrogens (tertiary/aromatic N) is 2. The van der Waals surface area contributed by atoms with Gasteiger partial charge in [-0.15, -0.1) is 0 Å². The molecule has 0 radical (unpaired) electrons. The van der Waals surface area contributed by atoms with Gasteiger partial charge in [0.25, 0.3) is 0 Å². The van der Waals surface area contributed by atoms with Gasteiger partial charge in [0.15, 0.2) is 0 Å². The average molecular weight is 205 g/mol. The lowest BCUT2D eigenvalue weighted by atomic mass is 10.1. The summed E-state index contributed by atoms with van der Waals surface area (Å²) in [5.74, 6) is 0. The maximum Gasteiger partial charge on any atom is 0.0363 e. The highest BCUT2D eigenvalue weighted by Crippen LogP contribution is 2.30. The number of aromatic nitrogens is 1. The molecule has 1 aliphatic heterocycles. The second kappa shape index (κ2) is 5.24. The van der Waals surface area contributed by atoms with E-state index in [1.54, 1.807) is 0 Å². The number of hydrogen-bond donors (Lipinski definition) is 1. The third-order valence-electron chi connectivity index (χ3n) is 3.08. The lowest BCUT2D eigenvalue weighted by Crippen LogP contribution is -2.26. The van der Waals surface area contributed by atoms with Gasteiger partial charge >= 0.3 is 0 Å². The van der Waals surface area contributed by atoms with Crippen LogP contribution in [0.1, 0.15) is 30.9 Å². The SMILES string of the molecule is NCCCN1CCCC1c1cccnc1. The van der Waals surface area contributed by atoms with Crippen LogP contribution in [0, 0.1) is 0 Å². The molecule has 1 fully saturated rings. The lowest BCUT2D eigenvalue weighted by Gasteiger charge is -2.24. The van der Waals surface area contributed by atoms with E-state index in [-0.39, 0.29) is 0 Å². The van der Waals surface area contributed by atoms with E-state index >= 15 is 0 Å². The van der Waals surface area contributed by atoms with E-state index in [4.69, 9.17) is 5.73 Å². The Bertz CT molecular complexity index is 286. The molecule has 0 saturated carbocycles. The first kappa shape index (κ1) is 10.6. The van der Waals surface area contributed by atoms with Crippen LogP contribution in [0.25, 0.3) is 0 Å². The number of hydrogen-bond acceptors (Lipinski definition) is 3. The molecule has 1 saturated heterocycles. The molecule has 1 aromatic rings. The summed E-state index contributed by atoms with van der Waals surface area (Å²) in [4.78, 5) is 6.72. The fraction of sp³-hybridized carbons (Fsp3) is 0.583. The van der Waals surface area contributed by atoms with Gasteiger partial charge in [-0.1, -0.05) is 6.07 Å². The molecule has 2 heterocycles. The molecule has 0 aliphatic carbocycles. The molecule has 3 nitrogen and oxygen atoms in total. The first-order valence-electron chi connectivity index (χ1n) is 5.76. The van der Waals surface area contributed by atoms with Gasteiger partial charge in [-0.3, -0.25) is 9.88 Å². The topological polar surface area (TPSA) is 42.1 Å². The molecule has 3 heteroatoms. The third kappa shape index (κ3) is 2.55. The van der Waals surface area contributed by atoms with Crippen LogP contribution >= 0.6 is 0 Å². The second-order valence-corrected chi connectivity index (χ2v) is 4.12. The van der Waals surface area contributed by atoms with E-state index in [2.05, 4.69) is 16.0 Å². The molecule has 1 atom stereocenters. The summed E-state index contributed by atoms with van der Waals surface area (Å²) in [6.45, 7) is 3.12. The Labute approximate surface area is 91.3 Å². The van der Waals surface area contributed by atoms with Crippen LogP contribution in [0.15, 0.2) is 24.5 Å². The molecule has 1 aromatic heterocycles. The van der Waals surface area contributed by atoms with Crippen molar-refractivity contribution in [3.05, 3.63) is 30.1 Å². The van der Waals surface area contributed by atoms with Crippen molar-refractivity contribution in [1.29, 1.82) is 0 Å². The minimum Gasteiger partial charge on any atom is -0.330 e. The summed E-state index contributed by atoms with van der Waals surface area (Å²) in [6, 6.07) is 4.78. The summed E-state index contributed by atoms with van der Waals surface area (Å²) in [6.07, 6.45) is 7.48. The van der Waals surface area contributed by atoms with E-state index < -0.39 is 0 Å². The van der Waals surface area contributed by atoms with Crippen molar-refractivity contribution in [2.24, 2.45) is 5.73 Å². The molecule has 15 heavy (non-hydrogen) atoms. The number of nitrogens with two attached hydrogens (primary N) is 1. The van der Waals surface area contributed by atoms with E-state index in [0.29, 0.717) is 6.04 Å². The van der Waals surface area contributed by atoms with Gasteiger partial charge in [-0.05, 0) is 50.5 Å². The second-order valence-electron chi connectivity index (χ2n) is 4.12. The van der Waals surface area contributed by atoms with Crippen molar-refractivity contribution >= 4 is 0 Å². The van der Waals surface area contributed by atoms with Crippen LogP contribution in [0.5, 0.6) is 0 Å². The molecule has 2 N–H and O–H groups in total. The van der Waals surface area contributed by atoms with Gasteiger partial charge < -0.3 is 5.73 Å². The van der Waals surface area contributed by atoms with Crippen molar-refractivity contribution < 1.29 is 0 Å². The van der Waals surface area contributed by atoms with Crippen molar-refractivity contribution in [2.45, 2.75) is 25.3 Å². The third-order valence-corrected chi connectivity index (χ3v) is 3.08. The molecule has 1 aliphatic rings. The summed E-state index contributed by atoms with van der Waals surface area (Å²) in [5, 5.41) is 0. The highest BCUT2D eigenvalue weighted by atomic mass is 15.2. The monoisotopic (exact) mass is 205 g/mol. The zero-order valence-electron chi connectivity index (χ0n) is 9.10. The Morgan fingerprint density at radius 1 is 1.53 bits per heavy atom. The number of rotatable bonds is 4. The van der Waals surface area contributed by atoms with Crippen molar-refractivity contribution in [1.82, 2.24) is 9.88 Å². The minimum absolute atomic E-state index is 0.574. The Balaban J connectivity index is 2.01. The molecule has 0 aromatic carbocycles. The Morgan fingerprint density at radius 2 is 2.47 bits per heavy atom. The van der Waals surface area contributed by atoms with Crippen LogP contribution in [0.2, 0.25) is 0 Å². The zero-order chi connectivity index (χ0) is 10.5. The summed E-state index contributed by atoms with van der Waals surface area (Å²) < 4.78 is 0. The maximum absolute atomic E-state index is 5.55. The van der Waals surface area contributed by atoms with Crippen LogP contribution < -0.4 is 5.73 Å². The highest BCUT2D eigenvalue weighted by Gasteiger charge is 2.24. The van der Waals surface area contributed by atoms with Crippen LogP contribution in [-0.4, -0.2) is 29.5 Å². The van der Waals surface area contributed by atoms with Crippen LogP contribution in [-0.2, 0) is 0 Å². The molecule has 0 amide bonds. The van der Waals surface area contributed by atoms with Gasteiger partial charge in [-0.25, -0.2) is 0 Å². The minimum atomic E-state index is 0.574. The summed E-state index contributed by atoms with van der Waals surface area (Å²) >= 11 is 0.